The number of carbonyl (C=O) groups excluding carboxylic acids is 3. The molecule has 32 heavy (non-hydrogen) atoms. The van der Waals surface area contributed by atoms with E-state index in [1.54, 1.807) is 42.5 Å². The standard InChI is InChI=1S/C21H19BrN4O5S/c1-23-18(27)16-9-14(7-8-24-16)31-13-5-3-12(4-6-13)11-25-21(29)26-19-15(20(28)30-2)10-17(22)32-19/h3-10H,11H2,1-2H3,(H,23,27)(H2,25,26,29). The highest BCUT2D eigenvalue weighted by Crippen LogP contribution is 2.32. The van der Waals surface area contributed by atoms with Gasteiger partial charge in [0.25, 0.3) is 5.91 Å². The molecule has 0 aliphatic rings. The van der Waals surface area contributed by atoms with Crippen molar-refractivity contribution in [2.24, 2.45) is 0 Å². The van der Waals surface area contributed by atoms with Gasteiger partial charge in [0.2, 0.25) is 0 Å². The first-order valence-corrected chi connectivity index (χ1v) is 10.9. The maximum absolute atomic E-state index is 12.2. The number of nitrogens with zero attached hydrogens (tertiary/aromatic N) is 1. The maximum atomic E-state index is 12.2. The van der Waals surface area contributed by atoms with Crippen molar-refractivity contribution in [2.45, 2.75) is 6.54 Å². The molecule has 2 aromatic heterocycles. The highest BCUT2D eigenvalue weighted by molar-refractivity contribution is 9.11. The summed E-state index contributed by atoms with van der Waals surface area (Å²) in [6.07, 6.45) is 1.49. The Morgan fingerprint density at radius 1 is 1.09 bits per heavy atom. The van der Waals surface area contributed by atoms with Gasteiger partial charge in [0.15, 0.2) is 0 Å². The number of hydrogen-bond donors (Lipinski definition) is 3. The van der Waals surface area contributed by atoms with Crippen LogP contribution >= 0.6 is 27.3 Å². The van der Waals surface area contributed by atoms with Gasteiger partial charge in [-0.2, -0.15) is 0 Å². The van der Waals surface area contributed by atoms with E-state index in [0.29, 0.717) is 20.3 Å². The number of ether oxygens (including phenoxy) is 2. The number of anilines is 1. The molecule has 11 heteroatoms. The van der Waals surface area contributed by atoms with Crippen LogP contribution in [0.2, 0.25) is 0 Å². The Morgan fingerprint density at radius 2 is 1.84 bits per heavy atom. The second-order valence-corrected chi connectivity index (χ2v) is 8.73. The largest absolute Gasteiger partial charge is 0.465 e. The van der Waals surface area contributed by atoms with E-state index < -0.39 is 12.0 Å². The predicted octanol–water partition coefficient (Wildman–Crippen LogP) is 4.17. The van der Waals surface area contributed by atoms with Crippen molar-refractivity contribution < 1.29 is 23.9 Å². The lowest BCUT2D eigenvalue weighted by atomic mass is 10.2. The molecule has 0 saturated heterocycles. The Bertz CT molecular complexity index is 1130. The van der Waals surface area contributed by atoms with E-state index in [0.717, 1.165) is 5.56 Å². The van der Waals surface area contributed by atoms with Gasteiger partial charge in [-0.25, -0.2) is 9.59 Å². The van der Waals surface area contributed by atoms with Crippen LogP contribution in [0.5, 0.6) is 11.5 Å². The third kappa shape index (κ3) is 6.05. The van der Waals surface area contributed by atoms with Crippen molar-refractivity contribution in [3.8, 4) is 11.5 Å². The van der Waals surface area contributed by atoms with Gasteiger partial charge in [0.1, 0.15) is 22.2 Å². The SMILES string of the molecule is CNC(=O)c1cc(Oc2ccc(CNC(=O)Nc3sc(Br)cc3C(=O)OC)cc2)ccn1. The summed E-state index contributed by atoms with van der Waals surface area (Å²) in [4.78, 5) is 39.7. The highest BCUT2D eigenvalue weighted by atomic mass is 79.9. The summed E-state index contributed by atoms with van der Waals surface area (Å²) in [5, 5.41) is 8.28. The number of aromatic nitrogens is 1. The van der Waals surface area contributed by atoms with Gasteiger partial charge in [-0.3, -0.25) is 15.1 Å². The summed E-state index contributed by atoms with van der Waals surface area (Å²) in [6.45, 7) is 0.266. The van der Waals surface area contributed by atoms with Crippen LogP contribution in [0.25, 0.3) is 0 Å². The second-order valence-electron chi connectivity index (χ2n) is 6.29. The van der Waals surface area contributed by atoms with E-state index in [1.807, 2.05) is 0 Å². The first-order chi connectivity index (χ1) is 15.4. The molecule has 0 bridgehead atoms. The van der Waals surface area contributed by atoms with Crippen molar-refractivity contribution in [1.82, 2.24) is 15.6 Å². The van der Waals surface area contributed by atoms with Gasteiger partial charge < -0.3 is 20.1 Å². The molecule has 0 atom stereocenters. The monoisotopic (exact) mass is 518 g/mol. The summed E-state index contributed by atoms with van der Waals surface area (Å²) < 4.78 is 11.2. The minimum atomic E-state index is -0.533. The summed E-state index contributed by atoms with van der Waals surface area (Å²) in [6, 6.07) is 11.4. The van der Waals surface area contributed by atoms with Crippen LogP contribution in [0.15, 0.2) is 52.4 Å². The summed E-state index contributed by atoms with van der Waals surface area (Å²) in [5.74, 6) is 0.212. The molecule has 0 radical (unpaired) electrons. The number of hydrogen-bond acceptors (Lipinski definition) is 7. The predicted molar refractivity (Wildman–Crippen MR) is 123 cm³/mol. The third-order valence-electron chi connectivity index (χ3n) is 4.14. The molecule has 3 amide bonds. The van der Waals surface area contributed by atoms with Crippen LogP contribution in [0.4, 0.5) is 9.80 Å². The molecule has 0 unspecified atom stereocenters. The molecular weight excluding hydrogens is 500 g/mol. The Labute approximate surface area is 196 Å². The zero-order valence-corrected chi connectivity index (χ0v) is 19.5. The smallest absolute Gasteiger partial charge is 0.340 e. The number of rotatable bonds is 7. The number of nitrogens with one attached hydrogen (secondary N) is 3. The Morgan fingerprint density at radius 3 is 2.53 bits per heavy atom. The number of methoxy groups -OCH3 is 1. The first-order valence-electron chi connectivity index (χ1n) is 9.27. The average Bonchev–Trinajstić information content (AvgIpc) is 3.17. The van der Waals surface area contributed by atoms with E-state index in [2.05, 4.69) is 36.9 Å². The van der Waals surface area contributed by atoms with Gasteiger partial charge in [-0.05, 0) is 45.8 Å². The fourth-order valence-corrected chi connectivity index (χ4v) is 4.07. The quantitative estimate of drug-likeness (QED) is 0.404. The number of carbonyl (C=O) groups is 3. The normalized spacial score (nSPS) is 10.2. The molecule has 0 aliphatic carbocycles. The zero-order chi connectivity index (χ0) is 23.1. The van der Waals surface area contributed by atoms with Gasteiger partial charge in [0, 0.05) is 25.9 Å². The highest BCUT2D eigenvalue weighted by Gasteiger charge is 2.17. The molecule has 166 valence electrons. The van der Waals surface area contributed by atoms with E-state index in [1.165, 1.54) is 31.7 Å². The van der Waals surface area contributed by atoms with Gasteiger partial charge in [-0.15, -0.1) is 11.3 Å². The number of urea groups is 1. The molecule has 3 rings (SSSR count). The molecule has 3 N–H and O–H groups in total. The lowest BCUT2D eigenvalue weighted by molar-refractivity contribution is 0.0602. The molecule has 0 aliphatic heterocycles. The molecule has 1 aromatic carbocycles. The Hall–Kier alpha value is -3.44. The van der Waals surface area contributed by atoms with Crippen LogP contribution in [-0.4, -0.2) is 37.0 Å². The fraction of sp³-hybridized carbons (Fsp3) is 0.143. The lowest BCUT2D eigenvalue weighted by Crippen LogP contribution is -2.28. The minimum absolute atomic E-state index is 0.255. The summed E-state index contributed by atoms with van der Waals surface area (Å²) in [7, 11) is 2.81. The number of thiophene rings is 1. The minimum Gasteiger partial charge on any atom is -0.465 e. The van der Waals surface area contributed by atoms with E-state index in [9.17, 15) is 14.4 Å². The molecule has 0 saturated carbocycles. The van der Waals surface area contributed by atoms with Crippen LogP contribution in [-0.2, 0) is 11.3 Å². The van der Waals surface area contributed by atoms with E-state index >= 15 is 0 Å². The molecular formula is C21H19BrN4O5S. The van der Waals surface area contributed by atoms with Crippen molar-refractivity contribution in [3.05, 3.63) is 69.3 Å². The summed E-state index contributed by atoms with van der Waals surface area (Å²) >= 11 is 4.51. The summed E-state index contributed by atoms with van der Waals surface area (Å²) in [5.41, 5.74) is 1.37. The molecule has 2 heterocycles. The second kappa shape index (κ2) is 10.7. The van der Waals surface area contributed by atoms with Crippen molar-refractivity contribution in [1.29, 1.82) is 0 Å². The zero-order valence-electron chi connectivity index (χ0n) is 17.1. The third-order valence-corrected chi connectivity index (χ3v) is 5.69. The van der Waals surface area contributed by atoms with Crippen molar-refractivity contribution in [2.75, 3.05) is 19.5 Å². The van der Waals surface area contributed by atoms with Crippen LogP contribution in [0, 0.1) is 0 Å². The maximum Gasteiger partial charge on any atom is 0.340 e. The van der Waals surface area contributed by atoms with E-state index in [-0.39, 0.29) is 23.7 Å². The van der Waals surface area contributed by atoms with Gasteiger partial charge in [0.05, 0.1) is 16.5 Å². The number of halogens is 1. The molecule has 0 fully saturated rings. The van der Waals surface area contributed by atoms with Crippen LogP contribution < -0.4 is 20.7 Å². The Kier molecular flexibility index (Phi) is 7.79. The number of pyridine rings is 1. The lowest BCUT2D eigenvalue weighted by Gasteiger charge is -2.09. The number of amides is 3. The van der Waals surface area contributed by atoms with Gasteiger partial charge >= 0.3 is 12.0 Å². The fourth-order valence-electron chi connectivity index (χ4n) is 2.58. The topological polar surface area (TPSA) is 119 Å². The van der Waals surface area contributed by atoms with E-state index in [4.69, 9.17) is 9.47 Å². The molecule has 3 aromatic rings. The molecule has 9 nitrogen and oxygen atoms in total. The van der Waals surface area contributed by atoms with Crippen molar-refractivity contribution >= 4 is 50.2 Å². The van der Waals surface area contributed by atoms with Crippen LogP contribution in [0.1, 0.15) is 26.4 Å². The molecule has 0 spiro atoms. The average molecular weight is 519 g/mol. The van der Waals surface area contributed by atoms with Crippen LogP contribution in [0.3, 0.4) is 0 Å². The number of benzene rings is 1. The number of esters is 1. The van der Waals surface area contributed by atoms with Gasteiger partial charge in [-0.1, -0.05) is 12.1 Å². The Balaban J connectivity index is 1.56. The first kappa shape index (κ1) is 23.2. The van der Waals surface area contributed by atoms with Crippen molar-refractivity contribution in [3.63, 3.8) is 0 Å².